The summed E-state index contributed by atoms with van der Waals surface area (Å²) in [5.74, 6) is -1.03. The molecule has 0 atom stereocenters. The quantitative estimate of drug-likeness (QED) is 0.830. The van der Waals surface area contributed by atoms with Crippen molar-refractivity contribution in [3.05, 3.63) is 69.0 Å². The average Bonchev–Trinajstić information content (AvgIpc) is 2.84. The van der Waals surface area contributed by atoms with Crippen LogP contribution in [0.4, 0.5) is 4.39 Å². The van der Waals surface area contributed by atoms with Crippen molar-refractivity contribution < 1.29 is 9.18 Å². The van der Waals surface area contributed by atoms with E-state index in [-0.39, 0.29) is 27.6 Å². The van der Waals surface area contributed by atoms with E-state index in [9.17, 15) is 9.18 Å². The van der Waals surface area contributed by atoms with E-state index in [0.717, 1.165) is 18.9 Å². The maximum atomic E-state index is 13.5. The van der Waals surface area contributed by atoms with Crippen LogP contribution < -0.4 is 5.32 Å². The molecule has 1 amide bonds. The number of carbonyl (C=O) groups excluding carboxylic acids is 1. The molecule has 1 aliphatic carbocycles. The van der Waals surface area contributed by atoms with Crippen LogP contribution in [-0.2, 0) is 12.8 Å². The lowest BCUT2D eigenvalue weighted by molar-refractivity contribution is 0.0938. The van der Waals surface area contributed by atoms with Gasteiger partial charge in [0.15, 0.2) is 0 Å². The fraction of sp³-hybridized carbons (Fsp3) is 0.188. The maximum Gasteiger partial charge on any atom is 0.253 e. The number of rotatable bonds is 2. The third kappa shape index (κ3) is 2.89. The first kappa shape index (κ1) is 14.4. The van der Waals surface area contributed by atoms with Gasteiger partial charge < -0.3 is 5.32 Å². The Morgan fingerprint density at radius 3 is 2.33 bits per heavy atom. The highest BCUT2D eigenvalue weighted by molar-refractivity contribution is 6.36. The Kier molecular flexibility index (Phi) is 3.87. The van der Waals surface area contributed by atoms with E-state index >= 15 is 0 Å². The maximum absolute atomic E-state index is 13.5. The molecule has 21 heavy (non-hydrogen) atoms. The zero-order chi connectivity index (χ0) is 15.0. The number of amides is 1. The van der Waals surface area contributed by atoms with E-state index in [2.05, 4.69) is 17.4 Å². The van der Waals surface area contributed by atoms with Gasteiger partial charge in [-0.2, -0.15) is 0 Å². The lowest BCUT2D eigenvalue weighted by atomic mass is 10.1. The van der Waals surface area contributed by atoms with Gasteiger partial charge in [-0.25, -0.2) is 4.39 Å². The molecule has 5 heteroatoms. The second kappa shape index (κ2) is 5.66. The van der Waals surface area contributed by atoms with Crippen molar-refractivity contribution in [2.24, 2.45) is 0 Å². The minimum atomic E-state index is -0.652. The summed E-state index contributed by atoms with van der Waals surface area (Å²) in [6.07, 6.45) is 1.55. The molecule has 0 saturated heterocycles. The fourth-order valence-corrected chi connectivity index (χ4v) is 3.09. The van der Waals surface area contributed by atoms with Crippen LogP contribution in [0.15, 0.2) is 36.4 Å². The Morgan fingerprint density at radius 2 is 1.71 bits per heavy atom. The van der Waals surface area contributed by atoms with Crippen molar-refractivity contribution >= 4 is 29.1 Å². The number of nitrogens with one attached hydrogen (secondary N) is 1. The molecule has 0 heterocycles. The van der Waals surface area contributed by atoms with Crippen molar-refractivity contribution in [3.8, 4) is 0 Å². The molecule has 2 aromatic carbocycles. The van der Waals surface area contributed by atoms with Crippen LogP contribution in [0, 0.1) is 5.82 Å². The summed E-state index contributed by atoms with van der Waals surface area (Å²) >= 11 is 11.6. The van der Waals surface area contributed by atoms with Gasteiger partial charge in [-0.3, -0.25) is 4.79 Å². The van der Waals surface area contributed by atoms with Crippen molar-refractivity contribution in [1.29, 1.82) is 0 Å². The normalized spacial score (nSPS) is 14.0. The smallest absolute Gasteiger partial charge is 0.253 e. The molecule has 1 N–H and O–H groups in total. The SMILES string of the molecule is O=C(NC1Cc2ccccc2C1)c1cc(F)c(Cl)cc1Cl. The zero-order valence-corrected chi connectivity index (χ0v) is 12.5. The Hall–Kier alpha value is -1.58. The van der Waals surface area contributed by atoms with Crippen LogP contribution in [0.5, 0.6) is 0 Å². The van der Waals surface area contributed by atoms with Crippen molar-refractivity contribution in [2.45, 2.75) is 18.9 Å². The molecule has 0 aromatic heterocycles. The van der Waals surface area contributed by atoms with Crippen LogP contribution in [0.25, 0.3) is 0 Å². The predicted molar refractivity (Wildman–Crippen MR) is 81.5 cm³/mol. The summed E-state index contributed by atoms with van der Waals surface area (Å²) in [5.41, 5.74) is 2.57. The topological polar surface area (TPSA) is 29.1 Å². The summed E-state index contributed by atoms with van der Waals surface area (Å²) in [5, 5.41) is 2.95. The van der Waals surface area contributed by atoms with Crippen molar-refractivity contribution in [3.63, 3.8) is 0 Å². The summed E-state index contributed by atoms with van der Waals surface area (Å²) < 4.78 is 13.5. The molecule has 0 radical (unpaired) electrons. The number of hydrogen-bond acceptors (Lipinski definition) is 1. The van der Waals surface area contributed by atoms with E-state index in [4.69, 9.17) is 23.2 Å². The van der Waals surface area contributed by atoms with Crippen LogP contribution in [-0.4, -0.2) is 11.9 Å². The highest BCUT2D eigenvalue weighted by atomic mass is 35.5. The molecule has 108 valence electrons. The van der Waals surface area contributed by atoms with Crippen LogP contribution in [0.3, 0.4) is 0 Å². The molecular weight excluding hydrogens is 312 g/mol. The second-order valence-electron chi connectivity index (χ2n) is 5.09. The van der Waals surface area contributed by atoms with Gasteiger partial charge in [0.05, 0.1) is 15.6 Å². The Labute approximate surface area is 131 Å². The minimum Gasteiger partial charge on any atom is -0.349 e. The van der Waals surface area contributed by atoms with Crippen molar-refractivity contribution in [2.75, 3.05) is 0 Å². The molecule has 2 aromatic rings. The molecular formula is C16H12Cl2FNO. The zero-order valence-electron chi connectivity index (χ0n) is 11.0. The molecule has 3 rings (SSSR count). The first-order valence-corrected chi connectivity index (χ1v) is 7.32. The second-order valence-corrected chi connectivity index (χ2v) is 5.91. The minimum absolute atomic E-state index is 0.00436. The first-order chi connectivity index (χ1) is 10.0. The highest BCUT2D eigenvalue weighted by Crippen LogP contribution is 2.26. The molecule has 0 unspecified atom stereocenters. The van der Waals surface area contributed by atoms with Gasteiger partial charge in [0.25, 0.3) is 5.91 Å². The van der Waals surface area contributed by atoms with E-state index < -0.39 is 5.82 Å². The third-order valence-electron chi connectivity index (χ3n) is 3.64. The van der Waals surface area contributed by atoms with Crippen LogP contribution in [0.1, 0.15) is 21.5 Å². The van der Waals surface area contributed by atoms with Crippen LogP contribution in [0.2, 0.25) is 10.0 Å². The Morgan fingerprint density at radius 1 is 1.10 bits per heavy atom. The molecule has 2 nitrogen and oxygen atoms in total. The third-order valence-corrected chi connectivity index (χ3v) is 4.24. The predicted octanol–water partition coefficient (Wildman–Crippen LogP) is 4.03. The van der Waals surface area contributed by atoms with Gasteiger partial charge >= 0.3 is 0 Å². The number of benzene rings is 2. The number of fused-ring (bicyclic) bond motifs is 1. The van der Waals surface area contributed by atoms with Gasteiger partial charge in [0.2, 0.25) is 0 Å². The summed E-state index contributed by atoms with van der Waals surface area (Å²) in [6.45, 7) is 0. The number of hydrogen-bond donors (Lipinski definition) is 1. The summed E-state index contributed by atoms with van der Waals surface area (Å²) in [6, 6.07) is 10.4. The molecule has 0 fully saturated rings. The first-order valence-electron chi connectivity index (χ1n) is 6.57. The van der Waals surface area contributed by atoms with Gasteiger partial charge in [-0.05, 0) is 36.1 Å². The molecule has 0 bridgehead atoms. The van der Waals surface area contributed by atoms with E-state index in [0.29, 0.717) is 0 Å². The van der Waals surface area contributed by atoms with E-state index in [1.54, 1.807) is 0 Å². The Balaban J connectivity index is 1.75. The number of carbonyl (C=O) groups is 1. The molecule has 0 saturated carbocycles. The van der Waals surface area contributed by atoms with E-state index in [1.165, 1.54) is 17.2 Å². The van der Waals surface area contributed by atoms with Gasteiger partial charge in [0.1, 0.15) is 5.82 Å². The largest absolute Gasteiger partial charge is 0.349 e. The highest BCUT2D eigenvalue weighted by Gasteiger charge is 2.24. The summed E-state index contributed by atoms with van der Waals surface area (Å²) in [4.78, 5) is 12.2. The monoisotopic (exact) mass is 323 g/mol. The van der Waals surface area contributed by atoms with Gasteiger partial charge in [-0.15, -0.1) is 0 Å². The standard InChI is InChI=1S/C16H12Cl2FNO/c17-13-8-14(18)15(19)7-12(13)16(21)20-11-5-9-3-1-2-4-10(9)6-11/h1-4,7-8,11H,5-6H2,(H,20,21). The fourth-order valence-electron chi connectivity index (χ4n) is 2.62. The van der Waals surface area contributed by atoms with Crippen molar-refractivity contribution in [1.82, 2.24) is 5.32 Å². The summed E-state index contributed by atoms with van der Waals surface area (Å²) in [7, 11) is 0. The molecule has 0 aliphatic heterocycles. The number of halogens is 3. The lowest BCUT2D eigenvalue weighted by Gasteiger charge is -2.13. The lowest BCUT2D eigenvalue weighted by Crippen LogP contribution is -2.35. The van der Waals surface area contributed by atoms with Crippen LogP contribution >= 0.6 is 23.2 Å². The van der Waals surface area contributed by atoms with Gasteiger partial charge in [0, 0.05) is 6.04 Å². The molecule has 1 aliphatic rings. The average molecular weight is 324 g/mol. The molecule has 0 spiro atoms. The van der Waals surface area contributed by atoms with Gasteiger partial charge in [-0.1, -0.05) is 47.5 Å². The Bertz CT molecular complexity index is 692. The van der Waals surface area contributed by atoms with E-state index in [1.807, 2.05) is 12.1 Å².